The molecule has 3 N–H and O–H groups in total. The fourth-order valence-corrected chi connectivity index (χ4v) is 2.31. The molecule has 1 aliphatic rings. The molecular formula is C15H23NO3. The number of carboxylic acid groups (broad SMARTS) is 1. The highest BCUT2D eigenvalue weighted by Crippen LogP contribution is 2.31. The van der Waals surface area contributed by atoms with Gasteiger partial charge in [0.25, 0.3) is 0 Å². The number of aliphatic hydroxyl groups is 1. The molecule has 0 saturated heterocycles. The van der Waals surface area contributed by atoms with Crippen LogP contribution in [0.2, 0.25) is 0 Å². The minimum Gasteiger partial charge on any atom is -0.481 e. The first-order valence-corrected chi connectivity index (χ1v) is 6.80. The topological polar surface area (TPSA) is 69.6 Å². The van der Waals surface area contributed by atoms with Crippen molar-refractivity contribution in [3.63, 3.8) is 0 Å². The van der Waals surface area contributed by atoms with Gasteiger partial charge in [0.15, 0.2) is 0 Å². The largest absolute Gasteiger partial charge is 0.481 e. The molecule has 0 fully saturated rings. The zero-order chi connectivity index (χ0) is 14.4. The highest BCUT2D eigenvalue weighted by molar-refractivity contribution is 5.66. The number of carbonyl (C=O) groups is 1. The maximum absolute atomic E-state index is 10.4. The quantitative estimate of drug-likeness (QED) is 0.779. The zero-order valence-corrected chi connectivity index (χ0v) is 11.8. The third kappa shape index (κ3) is 4.04. The SMILES string of the molecule is CC.Cc1ccc2c(c1)CC(NCCC(=O)O)C2O. The predicted octanol–water partition coefficient (Wildman–Crippen LogP) is 2.04. The minimum atomic E-state index is -0.821. The molecule has 2 unspecified atom stereocenters. The maximum atomic E-state index is 10.4. The van der Waals surface area contributed by atoms with Gasteiger partial charge in [-0.2, -0.15) is 0 Å². The third-order valence-electron chi connectivity index (χ3n) is 3.18. The lowest BCUT2D eigenvalue weighted by molar-refractivity contribution is -0.136. The monoisotopic (exact) mass is 265 g/mol. The Balaban J connectivity index is 0.000000861. The summed E-state index contributed by atoms with van der Waals surface area (Å²) in [6, 6.07) is 5.96. The van der Waals surface area contributed by atoms with E-state index in [-0.39, 0.29) is 12.5 Å². The van der Waals surface area contributed by atoms with Crippen molar-refractivity contribution in [3.8, 4) is 0 Å². The number of nitrogens with one attached hydrogen (secondary N) is 1. The van der Waals surface area contributed by atoms with Crippen molar-refractivity contribution in [2.75, 3.05) is 6.54 Å². The molecule has 0 bridgehead atoms. The molecule has 1 aromatic carbocycles. The number of aliphatic carboxylic acids is 1. The van der Waals surface area contributed by atoms with Crippen molar-refractivity contribution in [2.24, 2.45) is 0 Å². The van der Waals surface area contributed by atoms with Gasteiger partial charge in [-0.05, 0) is 24.5 Å². The summed E-state index contributed by atoms with van der Waals surface area (Å²) in [6.45, 7) is 6.42. The van der Waals surface area contributed by atoms with Crippen molar-refractivity contribution in [2.45, 2.75) is 45.8 Å². The van der Waals surface area contributed by atoms with Crippen molar-refractivity contribution in [1.82, 2.24) is 5.32 Å². The van der Waals surface area contributed by atoms with Crippen LogP contribution in [0.1, 0.15) is 43.1 Å². The Hall–Kier alpha value is -1.39. The lowest BCUT2D eigenvalue weighted by Crippen LogP contribution is -2.34. The van der Waals surface area contributed by atoms with Gasteiger partial charge in [-0.3, -0.25) is 4.79 Å². The molecule has 0 heterocycles. The van der Waals surface area contributed by atoms with Crippen LogP contribution in [0.15, 0.2) is 18.2 Å². The van der Waals surface area contributed by atoms with Crippen molar-refractivity contribution < 1.29 is 15.0 Å². The van der Waals surface area contributed by atoms with Crippen molar-refractivity contribution >= 4 is 5.97 Å². The second kappa shape index (κ2) is 7.26. The van der Waals surface area contributed by atoms with E-state index in [1.807, 2.05) is 32.9 Å². The first kappa shape index (κ1) is 15.7. The Labute approximate surface area is 114 Å². The number of aryl methyl sites for hydroxylation is 1. The Bertz CT molecular complexity index is 431. The van der Waals surface area contributed by atoms with Crippen LogP contribution >= 0.6 is 0 Å². The standard InChI is InChI=1S/C13H17NO3.C2H6/c1-8-2-3-10-9(6-8)7-11(13(10)17)14-5-4-12(15)16;1-2/h2-3,6,11,13-14,17H,4-5,7H2,1H3,(H,15,16);1-2H3. The van der Waals surface area contributed by atoms with E-state index < -0.39 is 12.1 Å². The molecule has 2 atom stereocenters. The van der Waals surface area contributed by atoms with Crippen LogP contribution in [-0.2, 0) is 11.2 Å². The summed E-state index contributed by atoms with van der Waals surface area (Å²) in [5.41, 5.74) is 3.30. The van der Waals surface area contributed by atoms with E-state index in [0.717, 1.165) is 17.5 Å². The van der Waals surface area contributed by atoms with Gasteiger partial charge in [-0.1, -0.05) is 37.6 Å². The Morgan fingerprint density at radius 2 is 2.11 bits per heavy atom. The fraction of sp³-hybridized carbons (Fsp3) is 0.533. The summed E-state index contributed by atoms with van der Waals surface area (Å²) >= 11 is 0. The lowest BCUT2D eigenvalue weighted by Gasteiger charge is -2.16. The Kier molecular flexibility index (Phi) is 5.99. The van der Waals surface area contributed by atoms with Gasteiger partial charge in [-0.15, -0.1) is 0 Å². The van der Waals surface area contributed by atoms with E-state index in [1.165, 1.54) is 5.56 Å². The first-order valence-electron chi connectivity index (χ1n) is 6.80. The molecule has 0 aromatic heterocycles. The van der Waals surface area contributed by atoms with Crippen molar-refractivity contribution in [1.29, 1.82) is 0 Å². The summed E-state index contributed by atoms with van der Waals surface area (Å²) < 4.78 is 0. The molecule has 0 spiro atoms. The molecule has 4 heteroatoms. The molecule has 1 aromatic rings. The Morgan fingerprint density at radius 1 is 1.42 bits per heavy atom. The van der Waals surface area contributed by atoms with E-state index in [1.54, 1.807) is 0 Å². The highest BCUT2D eigenvalue weighted by Gasteiger charge is 2.30. The van der Waals surface area contributed by atoms with Gasteiger partial charge in [0, 0.05) is 12.6 Å². The van der Waals surface area contributed by atoms with E-state index in [0.29, 0.717) is 6.54 Å². The number of hydrogen-bond donors (Lipinski definition) is 3. The predicted molar refractivity (Wildman–Crippen MR) is 75.2 cm³/mol. The number of aliphatic hydroxyl groups excluding tert-OH is 1. The molecule has 106 valence electrons. The lowest BCUT2D eigenvalue weighted by atomic mass is 10.1. The van der Waals surface area contributed by atoms with Crippen LogP contribution in [0, 0.1) is 6.92 Å². The van der Waals surface area contributed by atoms with Crippen LogP contribution in [0.5, 0.6) is 0 Å². The zero-order valence-electron chi connectivity index (χ0n) is 11.8. The molecule has 19 heavy (non-hydrogen) atoms. The second-order valence-corrected chi connectivity index (χ2v) is 4.56. The number of carboxylic acids is 1. The number of rotatable bonds is 4. The molecule has 2 rings (SSSR count). The van der Waals surface area contributed by atoms with E-state index in [4.69, 9.17) is 5.11 Å². The van der Waals surface area contributed by atoms with E-state index in [2.05, 4.69) is 11.4 Å². The molecule has 4 nitrogen and oxygen atoms in total. The number of hydrogen-bond acceptors (Lipinski definition) is 3. The van der Waals surface area contributed by atoms with Gasteiger partial charge < -0.3 is 15.5 Å². The van der Waals surface area contributed by atoms with Crippen LogP contribution in [0.3, 0.4) is 0 Å². The maximum Gasteiger partial charge on any atom is 0.304 e. The van der Waals surface area contributed by atoms with Gasteiger partial charge in [-0.25, -0.2) is 0 Å². The smallest absolute Gasteiger partial charge is 0.304 e. The fourth-order valence-electron chi connectivity index (χ4n) is 2.31. The molecular weight excluding hydrogens is 242 g/mol. The van der Waals surface area contributed by atoms with Gasteiger partial charge >= 0.3 is 5.97 Å². The molecule has 0 radical (unpaired) electrons. The molecule has 0 aliphatic heterocycles. The van der Waals surface area contributed by atoms with Crippen LogP contribution in [-0.4, -0.2) is 28.8 Å². The third-order valence-corrected chi connectivity index (χ3v) is 3.18. The molecule has 1 aliphatic carbocycles. The molecule has 0 amide bonds. The second-order valence-electron chi connectivity index (χ2n) is 4.56. The molecule has 0 saturated carbocycles. The summed E-state index contributed by atoms with van der Waals surface area (Å²) in [7, 11) is 0. The summed E-state index contributed by atoms with van der Waals surface area (Å²) in [5.74, 6) is -0.821. The summed E-state index contributed by atoms with van der Waals surface area (Å²) in [6.07, 6.45) is 0.315. The van der Waals surface area contributed by atoms with Gasteiger partial charge in [0.1, 0.15) is 0 Å². The Morgan fingerprint density at radius 3 is 2.74 bits per heavy atom. The minimum absolute atomic E-state index is 0.0638. The van der Waals surface area contributed by atoms with Crippen LogP contribution in [0.25, 0.3) is 0 Å². The van der Waals surface area contributed by atoms with Crippen molar-refractivity contribution in [3.05, 3.63) is 34.9 Å². The van der Waals surface area contributed by atoms with E-state index >= 15 is 0 Å². The highest BCUT2D eigenvalue weighted by atomic mass is 16.4. The average Bonchev–Trinajstić information content (AvgIpc) is 2.68. The summed E-state index contributed by atoms with van der Waals surface area (Å²) in [5, 5.41) is 21.7. The van der Waals surface area contributed by atoms with E-state index in [9.17, 15) is 9.90 Å². The normalized spacial score (nSPS) is 20.4. The number of benzene rings is 1. The van der Waals surface area contributed by atoms with Crippen LogP contribution in [0.4, 0.5) is 0 Å². The first-order chi connectivity index (χ1) is 9.08. The van der Waals surface area contributed by atoms with Gasteiger partial charge in [0.05, 0.1) is 12.5 Å². The van der Waals surface area contributed by atoms with Crippen LogP contribution < -0.4 is 5.32 Å². The van der Waals surface area contributed by atoms with Gasteiger partial charge in [0.2, 0.25) is 0 Å². The number of fused-ring (bicyclic) bond motifs is 1. The summed E-state index contributed by atoms with van der Waals surface area (Å²) in [4.78, 5) is 10.4. The average molecular weight is 265 g/mol.